The molecule has 0 aliphatic heterocycles. The molecular formula is C42H26N3OPt-. The van der Waals surface area contributed by atoms with Crippen molar-refractivity contribution < 1.29 is 26.2 Å². The molecule has 5 heteroatoms. The molecule has 0 fully saturated rings. The van der Waals surface area contributed by atoms with Crippen LogP contribution in [0.15, 0.2) is 152 Å². The minimum Gasteiger partial charge on any atom is -0.507 e. The van der Waals surface area contributed by atoms with Gasteiger partial charge in [0.05, 0.1) is 27.8 Å². The van der Waals surface area contributed by atoms with E-state index in [-0.39, 0.29) is 26.8 Å². The molecule has 1 aliphatic carbocycles. The van der Waals surface area contributed by atoms with Gasteiger partial charge >= 0.3 is 0 Å². The molecule has 226 valence electrons. The first-order valence-electron chi connectivity index (χ1n) is 15.3. The third-order valence-electron chi connectivity index (χ3n) is 9.15. The summed E-state index contributed by atoms with van der Waals surface area (Å²) in [6, 6.07) is 53.1. The summed E-state index contributed by atoms with van der Waals surface area (Å²) in [5.74, 6) is 0.199. The molecule has 0 saturated heterocycles. The van der Waals surface area contributed by atoms with E-state index < -0.39 is 5.41 Å². The predicted octanol–water partition coefficient (Wildman–Crippen LogP) is 9.38. The molecule has 0 atom stereocenters. The number of aromatic hydroxyl groups is 1. The van der Waals surface area contributed by atoms with Crippen molar-refractivity contribution in [2.75, 3.05) is 0 Å². The average molecular weight is 784 g/mol. The van der Waals surface area contributed by atoms with Gasteiger partial charge in [-0.3, -0.25) is 15.0 Å². The normalized spacial score (nSPS) is 12.8. The zero-order chi connectivity index (χ0) is 30.7. The molecule has 0 bridgehead atoms. The van der Waals surface area contributed by atoms with Crippen LogP contribution in [-0.2, 0) is 26.5 Å². The molecule has 0 radical (unpaired) electrons. The van der Waals surface area contributed by atoms with E-state index in [2.05, 4.69) is 97.1 Å². The van der Waals surface area contributed by atoms with E-state index in [1.807, 2.05) is 54.7 Å². The first-order chi connectivity index (χ1) is 22.7. The summed E-state index contributed by atoms with van der Waals surface area (Å²) in [5, 5.41) is 13.0. The Morgan fingerprint density at radius 3 is 1.87 bits per heavy atom. The number of hydrogen-bond acceptors (Lipinski definition) is 4. The Kier molecular flexibility index (Phi) is 7.04. The maximum atomic E-state index is 10.8. The van der Waals surface area contributed by atoms with Gasteiger partial charge in [0.15, 0.2) is 0 Å². The SMILES string of the molecule is Oc1ccccc1-c1cccc(C2(c3[c-]c(-c4cnc5cc6ccccc6cc5n4)ccc3)c3ccccc3-c3ccccc32)n1.[Pt]. The predicted molar refractivity (Wildman–Crippen MR) is 184 cm³/mol. The monoisotopic (exact) mass is 783 g/mol. The van der Waals surface area contributed by atoms with Crippen LogP contribution in [0.5, 0.6) is 5.75 Å². The van der Waals surface area contributed by atoms with Gasteiger partial charge in [0.2, 0.25) is 0 Å². The van der Waals surface area contributed by atoms with Crippen LogP contribution < -0.4 is 0 Å². The quantitative estimate of drug-likeness (QED) is 0.143. The molecule has 0 spiro atoms. The fraction of sp³-hybridized carbons (Fsp3) is 0.0238. The molecule has 9 rings (SSSR count). The minimum atomic E-state index is -0.760. The van der Waals surface area contributed by atoms with Gasteiger partial charge in [0.25, 0.3) is 0 Å². The van der Waals surface area contributed by atoms with Crippen molar-refractivity contribution in [3.63, 3.8) is 0 Å². The molecule has 6 aromatic carbocycles. The molecule has 0 unspecified atom stereocenters. The van der Waals surface area contributed by atoms with Crippen LogP contribution in [0.4, 0.5) is 0 Å². The maximum Gasteiger partial charge on any atom is 0.124 e. The molecule has 2 aromatic heterocycles. The van der Waals surface area contributed by atoms with Gasteiger partial charge in [-0.15, -0.1) is 35.4 Å². The smallest absolute Gasteiger partial charge is 0.124 e. The number of benzene rings is 6. The van der Waals surface area contributed by atoms with Gasteiger partial charge in [-0.05, 0) is 69.4 Å². The number of fused-ring (bicyclic) bond motifs is 5. The van der Waals surface area contributed by atoms with Gasteiger partial charge in [0, 0.05) is 38.5 Å². The van der Waals surface area contributed by atoms with Crippen LogP contribution in [0.3, 0.4) is 0 Å². The molecule has 47 heavy (non-hydrogen) atoms. The standard InChI is InChI=1S/C42H26N3O.Pt/c46-40-21-8-5-17-33(40)36-20-10-22-41(45-36)42(34-18-6-3-15-31(34)32-16-4-7-19-35(32)42)30-14-9-13-29(23-30)39-26-43-37-24-27-11-1-2-12-28(27)25-38(37)44-39;/h1-22,24-26,46H;/q-1;. The van der Waals surface area contributed by atoms with Crippen molar-refractivity contribution >= 4 is 21.8 Å². The zero-order valence-corrected chi connectivity index (χ0v) is 27.3. The van der Waals surface area contributed by atoms with Crippen LogP contribution in [-0.4, -0.2) is 20.1 Å². The van der Waals surface area contributed by atoms with Crippen LogP contribution in [0.2, 0.25) is 0 Å². The minimum absolute atomic E-state index is 0. The fourth-order valence-corrected chi connectivity index (χ4v) is 7.09. The third kappa shape index (κ3) is 4.52. The number of hydrogen-bond donors (Lipinski definition) is 1. The van der Waals surface area contributed by atoms with E-state index in [9.17, 15) is 5.11 Å². The number of para-hydroxylation sites is 1. The summed E-state index contributed by atoms with van der Waals surface area (Å²) >= 11 is 0. The van der Waals surface area contributed by atoms with Crippen molar-refractivity contribution in [1.29, 1.82) is 0 Å². The van der Waals surface area contributed by atoms with Gasteiger partial charge in [0.1, 0.15) is 5.75 Å². The van der Waals surface area contributed by atoms with Gasteiger partial charge in [-0.2, -0.15) is 0 Å². The number of pyridine rings is 1. The molecule has 8 aromatic rings. The second kappa shape index (κ2) is 11.4. The Balaban J connectivity index is 0.00000324. The first kappa shape index (κ1) is 29.0. The maximum absolute atomic E-state index is 10.8. The topological polar surface area (TPSA) is 58.9 Å². The van der Waals surface area contributed by atoms with Crippen LogP contribution in [0, 0.1) is 6.07 Å². The summed E-state index contributed by atoms with van der Waals surface area (Å²) in [6.07, 6.45) is 1.84. The number of phenolic OH excluding ortho intramolecular Hbond substituents is 1. The first-order valence-corrected chi connectivity index (χ1v) is 15.3. The largest absolute Gasteiger partial charge is 0.507 e. The number of aromatic nitrogens is 3. The van der Waals surface area contributed by atoms with Crippen molar-refractivity contribution in [2.24, 2.45) is 0 Å². The Bertz CT molecular complexity index is 2430. The average Bonchev–Trinajstić information content (AvgIpc) is 3.42. The van der Waals surface area contributed by atoms with E-state index in [0.717, 1.165) is 55.4 Å². The van der Waals surface area contributed by atoms with E-state index >= 15 is 0 Å². The summed E-state index contributed by atoms with van der Waals surface area (Å²) in [6.45, 7) is 0. The summed E-state index contributed by atoms with van der Waals surface area (Å²) in [5.41, 5.74) is 10.4. The molecular weight excluding hydrogens is 758 g/mol. The van der Waals surface area contributed by atoms with Crippen LogP contribution in [0.1, 0.15) is 22.4 Å². The molecule has 1 aliphatic rings. The number of nitrogens with zero attached hydrogens (tertiary/aromatic N) is 3. The summed E-state index contributed by atoms with van der Waals surface area (Å²) in [7, 11) is 0. The van der Waals surface area contributed by atoms with E-state index in [4.69, 9.17) is 15.0 Å². The van der Waals surface area contributed by atoms with E-state index in [1.165, 1.54) is 11.1 Å². The Labute approximate surface area is 286 Å². The van der Waals surface area contributed by atoms with Crippen molar-refractivity contribution in [3.8, 4) is 39.4 Å². The van der Waals surface area contributed by atoms with Crippen LogP contribution in [0.25, 0.3) is 55.4 Å². The van der Waals surface area contributed by atoms with Gasteiger partial charge in [-0.1, -0.05) is 91.0 Å². The summed E-state index contributed by atoms with van der Waals surface area (Å²) in [4.78, 5) is 15.2. The van der Waals surface area contributed by atoms with E-state index in [1.54, 1.807) is 6.07 Å². The molecule has 0 saturated carbocycles. The fourth-order valence-electron chi connectivity index (χ4n) is 7.09. The van der Waals surface area contributed by atoms with Gasteiger partial charge < -0.3 is 5.11 Å². The van der Waals surface area contributed by atoms with Crippen LogP contribution >= 0.6 is 0 Å². The third-order valence-corrected chi connectivity index (χ3v) is 9.15. The molecule has 4 nitrogen and oxygen atoms in total. The van der Waals surface area contributed by atoms with Crippen molar-refractivity contribution in [3.05, 3.63) is 180 Å². The molecule has 0 amide bonds. The van der Waals surface area contributed by atoms with Crippen molar-refractivity contribution in [1.82, 2.24) is 15.0 Å². The molecule has 1 N–H and O–H groups in total. The number of phenols is 1. The Morgan fingerprint density at radius 2 is 1.15 bits per heavy atom. The molecule has 2 heterocycles. The van der Waals surface area contributed by atoms with E-state index in [0.29, 0.717) is 11.3 Å². The Hall–Kier alpha value is -5.44. The summed E-state index contributed by atoms with van der Waals surface area (Å²) < 4.78 is 0. The number of rotatable bonds is 4. The zero-order valence-electron chi connectivity index (χ0n) is 25.0. The second-order valence-corrected chi connectivity index (χ2v) is 11.7. The van der Waals surface area contributed by atoms with Crippen molar-refractivity contribution in [2.45, 2.75) is 5.41 Å². The second-order valence-electron chi connectivity index (χ2n) is 11.7. The Morgan fingerprint density at radius 1 is 0.532 bits per heavy atom. The van der Waals surface area contributed by atoms with Gasteiger partial charge in [-0.25, -0.2) is 0 Å².